The maximum absolute atomic E-state index is 11.7. The molecule has 0 N–H and O–H groups in total. The molecule has 3 heterocycles. The number of thioether (sulfide) groups is 1. The number of methoxy groups -OCH3 is 1. The minimum absolute atomic E-state index is 0.165. The van der Waals surface area contributed by atoms with Crippen LogP contribution in [0.3, 0.4) is 0 Å². The summed E-state index contributed by atoms with van der Waals surface area (Å²) in [4.78, 5) is 16.1. The van der Waals surface area contributed by atoms with Crippen LogP contribution in [0, 0.1) is 0 Å². The van der Waals surface area contributed by atoms with E-state index in [0.29, 0.717) is 43.5 Å². The predicted molar refractivity (Wildman–Crippen MR) is 68.1 cm³/mol. The van der Waals surface area contributed by atoms with Gasteiger partial charge in [-0.3, -0.25) is 4.79 Å². The molecule has 2 aliphatic heterocycles. The van der Waals surface area contributed by atoms with Crippen LogP contribution in [0.25, 0.3) is 0 Å². The lowest BCUT2D eigenvalue weighted by molar-refractivity contribution is -0.117. The van der Waals surface area contributed by atoms with Crippen LogP contribution < -0.4 is 0 Å². The zero-order valence-corrected chi connectivity index (χ0v) is 11.6. The Morgan fingerprint density at radius 3 is 2.84 bits per heavy atom. The Kier molecular flexibility index (Phi) is 3.60. The molecule has 1 aromatic rings. The second-order valence-corrected chi connectivity index (χ2v) is 5.83. The van der Waals surface area contributed by atoms with Gasteiger partial charge in [-0.05, 0) is 0 Å². The lowest BCUT2D eigenvalue weighted by Gasteiger charge is -2.32. The number of carbonyl (C=O) groups is 1. The summed E-state index contributed by atoms with van der Waals surface area (Å²) in [5.74, 6) is 2.14. The van der Waals surface area contributed by atoms with E-state index in [-0.39, 0.29) is 11.7 Å². The van der Waals surface area contributed by atoms with E-state index < -0.39 is 5.60 Å². The molecule has 3 rings (SSSR count). The standard InChI is InChI=1S/C12H16N2O4S/c1-16-12(2-4-17-5-3-12)11-13-10(18-14-11)8-6-19-7-9(8)15/h8H,2-7H2,1H3. The van der Waals surface area contributed by atoms with E-state index in [1.165, 1.54) is 0 Å². The summed E-state index contributed by atoms with van der Waals surface area (Å²) in [6, 6.07) is 0. The zero-order chi connectivity index (χ0) is 13.3. The van der Waals surface area contributed by atoms with E-state index in [2.05, 4.69) is 10.1 Å². The molecule has 0 aromatic carbocycles. The van der Waals surface area contributed by atoms with E-state index >= 15 is 0 Å². The highest BCUT2D eigenvalue weighted by Gasteiger charge is 2.41. The Morgan fingerprint density at radius 2 is 2.21 bits per heavy atom. The maximum atomic E-state index is 11.7. The lowest BCUT2D eigenvalue weighted by atomic mass is 9.93. The van der Waals surface area contributed by atoms with Gasteiger partial charge >= 0.3 is 0 Å². The first-order valence-corrected chi connectivity index (χ1v) is 7.48. The molecule has 7 heteroatoms. The van der Waals surface area contributed by atoms with Crippen molar-refractivity contribution in [3.63, 3.8) is 0 Å². The molecule has 2 saturated heterocycles. The van der Waals surface area contributed by atoms with E-state index in [0.717, 1.165) is 5.75 Å². The summed E-state index contributed by atoms with van der Waals surface area (Å²) in [6.07, 6.45) is 1.41. The maximum Gasteiger partial charge on any atom is 0.238 e. The summed E-state index contributed by atoms with van der Waals surface area (Å²) in [6.45, 7) is 1.24. The Bertz CT molecular complexity index is 470. The van der Waals surface area contributed by atoms with E-state index in [1.807, 2.05) is 0 Å². The average molecular weight is 284 g/mol. The summed E-state index contributed by atoms with van der Waals surface area (Å²) in [5, 5.41) is 4.03. The molecule has 0 spiro atoms. The molecule has 2 fully saturated rings. The average Bonchev–Trinajstić information content (AvgIpc) is 3.08. The number of hydrogen-bond acceptors (Lipinski definition) is 7. The number of ketones is 1. The van der Waals surface area contributed by atoms with Gasteiger partial charge in [0.2, 0.25) is 11.7 Å². The molecule has 19 heavy (non-hydrogen) atoms. The molecule has 2 aliphatic rings. The van der Waals surface area contributed by atoms with E-state index in [4.69, 9.17) is 14.0 Å². The highest BCUT2D eigenvalue weighted by Crippen LogP contribution is 2.35. The van der Waals surface area contributed by atoms with Gasteiger partial charge in [0.1, 0.15) is 11.5 Å². The SMILES string of the molecule is COC1(c2noc(C3CSCC3=O)n2)CCOCC1. The molecular weight excluding hydrogens is 268 g/mol. The monoisotopic (exact) mass is 284 g/mol. The van der Waals surface area contributed by atoms with Crippen LogP contribution in [-0.4, -0.2) is 47.8 Å². The Balaban J connectivity index is 1.85. The topological polar surface area (TPSA) is 74.5 Å². The third-order valence-corrected chi connectivity index (χ3v) is 4.81. The lowest BCUT2D eigenvalue weighted by Crippen LogP contribution is -2.36. The minimum atomic E-state index is -0.533. The number of rotatable bonds is 3. The zero-order valence-electron chi connectivity index (χ0n) is 10.8. The van der Waals surface area contributed by atoms with Gasteiger partial charge in [0, 0.05) is 38.9 Å². The second-order valence-electron chi connectivity index (χ2n) is 4.80. The number of nitrogens with zero attached hydrogens (tertiary/aromatic N) is 2. The number of Topliss-reactive ketones (excluding diaryl/α,β-unsaturated/α-hetero) is 1. The summed E-state index contributed by atoms with van der Waals surface area (Å²) >= 11 is 1.61. The fourth-order valence-corrected chi connectivity index (χ4v) is 3.55. The quantitative estimate of drug-likeness (QED) is 0.823. The summed E-state index contributed by atoms with van der Waals surface area (Å²) in [7, 11) is 1.65. The number of ether oxygens (including phenoxy) is 2. The fourth-order valence-electron chi connectivity index (χ4n) is 2.46. The van der Waals surface area contributed by atoms with Gasteiger partial charge in [0.05, 0.1) is 5.75 Å². The van der Waals surface area contributed by atoms with Crippen LogP contribution in [-0.2, 0) is 19.9 Å². The first-order chi connectivity index (χ1) is 9.25. The fraction of sp³-hybridized carbons (Fsp3) is 0.750. The first kappa shape index (κ1) is 13.1. The van der Waals surface area contributed by atoms with Crippen molar-refractivity contribution in [3.05, 3.63) is 11.7 Å². The highest BCUT2D eigenvalue weighted by molar-refractivity contribution is 8.00. The molecule has 0 aliphatic carbocycles. The van der Waals surface area contributed by atoms with Gasteiger partial charge in [-0.15, -0.1) is 0 Å². The molecule has 0 bridgehead atoms. The van der Waals surface area contributed by atoms with Gasteiger partial charge in [-0.25, -0.2) is 0 Å². The van der Waals surface area contributed by atoms with Gasteiger partial charge in [0.25, 0.3) is 0 Å². The predicted octanol–water partition coefficient (Wildman–Crippen LogP) is 1.12. The molecule has 1 atom stereocenters. The van der Waals surface area contributed by atoms with Crippen molar-refractivity contribution in [3.8, 4) is 0 Å². The molecule has 104 valence electrons. The van der Waals surface area contributed by atoms with Crippen molar-refractivity contribution in [2.75, 3.05) is 31.8 Å². The van der Waals surface area contributed by atoms with Crippen molar-refractivity contribution in [2.24, 2.45) is 0 Å². The molecule has 1 unspecified atom stereocenters. The van der Waals surface area contributed by atoms with Crippen molar-refractivity contribution in [1.29, 1.82) is 0 Å². The van der Waals surface area contributed by atoms with Gasteiger partial charge in [-0.1, -0.05) is 5.16 Å². The third-order valence-electron chi connectivity index (χ3n) is 3.76. The number of carbonyl (C=O) groups excluding carboxylic acids is 1. The van der Waals surface area contributed by atoms with Crippen molar-refractivity contribution in [1.82, 2.24) is 10.1 Å². The first-order valence-electron chi connectivity index (χ1n) is 6.32. The molecule has 0 radical (unpaired) electrons. The second kappa shape index (κ2) is 5.22. The summed E-state index contributed by atoms with van der Waals surface area (Å²) < 4.78 is 16.2. The highest BCUT2D eigenvalue weighted by atomic mass is 32.2. The minimum Gasteiger partial charge on any atom is -0.381 e. The number of aromatic nitrogens is 2. The van der Waals surface area contributed by atoms with Crippen LogP contribution in [0.1, 0.15) is 30.5 Å². The Hall–Kier alpha value is -0.920. The van der Waals surface area contributed by atoms with Crippen LogP contribution in [0.15, 0.2) is 4.52 Å². The van der Waals surface area contributed by atoms with Gasteiger partial charge in [0.15, 0.2) is 5.78 Å². The molecule has 1 aromatic heterocycles. The molecular formula is C12H16N2O4S. The van der Waals surface area contributed by atoms with Crippen LogP contribution >= 0.6 is 11.8 Å². The van der Waals surface area contributed by atoms with E-state index in [9.17, 15) is 4.79 Å². The van der Waals surface area contributed by atoms with Crippen LogP contribution in [0.4, 0.5) is 0 Å². The van der Waals surface area contributed by atoms with Crippen LogP contribution in [0.2, 0.25) is 0 Å². The van der Waals surface area contributed by atoms with E-state index in [1.54, 1.807) is 18.9 Å². The molecule has 0 amide bonds. The third kappa shape index (κ3) is 2.30. The largest absolute Gasteiger partial charge is 0.381 e. The summed E-state index contributed by atoms with van der Waals surface area (Å²) in [5.41, 5.74) is -0.533. The normalized spacial score (nSPS) is 26.8. The molecule has 6 nitrogen and oxygen atoms in total. The van der Waals surface area contributed by atoms with Gasteiger partial charge in [-0.2, -0.15) is 16.7 Å². The van der Waals surface area contributed by atoms with Crippen molar-refractivity contribution >= 4 is 17.5 Å². The van der Waals surface area contributed by atoms with Crippen LogP contribution in [0.5, 0.6) is 0 Å². The van der Waals surface area contributed by atoms with Gasteiger partial charge < -0.3 is 14.0 Å². The van der Waals surface area contributed by atoms with Crippen molar-refractivity contribution < 1.29 is 18.8 Å². The van der Waals surface area contributed by atoms with Crippen molar-refractivity contribution in [2.45, 2.75) is 24.4 Å². The molecule has 0 saturated carbocycles. The Morgan fingerprint density at radius 1 is 1.42 bits per heavy atom. The Labute approximate surface area is 115 Å². The smallest absolute Gasteiger partial charge is 0.238 e. The number of hydrogen-bond donors (Lipinski definition) is 0.